The van der Waals surface area contributed by atoms with Gasteiger partial charge in [0.05, 0.1) is 11.7 Å². The molecule has 0 spiro atoms. The lowest BCUT2D eigenvalue weighted by molar-refractivity contribution is 0.0899. The average Bonchev–Trinajstić information content (AvgIpc) is 2.59. The van der Waals surface area contributed by atoms with Crippen LogP contribution in [0.1, 0.15) is 18.1 Å². The Bertz CT molecular complexity index is 490. The Labute approximate surface area is 95.2 Å². The van der Waals surface area contributed by atoms with Crippen molar-refractivity contribution in [2.24, 2.45) is 0 Å². The molecule has 2 rings (SSSR count). The molecule has 72 valence electrons. The number of aromatic nitrogens is 2. The summed E-state index contributed by atoms with van der Waals surface area (Å²) in [7, 11) is 0. The summed E-state index contributed by atoms with van der Waals surface area (Å²) in [6.07, 6.45) is 2.20. The van der Waals surface area contributed by atoms with Gasteiger partial charge in [-0.1, -0.05) is 6.92 Å². The fraction of sp³-hybridized carbons (Fsp3) is 0.200. The van der Waals surface area contributed by atoms with Crippen molar-refractivity contribution in [3.8, 4) is 0 Å². The average molecular weight is 300 g/mol. The van der Waals surface area contributed by atoms with Gasteiger partial charge in [-0.05, 0) is 40.8 Å². The molecule has 1 heterocycles. The van der Waals surface area contributed by atoms with Crippen molar-refractivity contribution in [1.82, 2.24) is 9.78 Å². The minimum Gasteiger partial charge on any atom is -0.273 e. The van der Waals surface area contributed by atoms with Crippen LogP contribution in [0, 0.1) is 3.57 Å². The van der Waals surface area contributed by atoms with E-state index in [1.54, 1.807) is 6.20 Å². The van der Waals surface area contributed by atoms with E-state index in [9.17, 15) is 4.79 Å². The molecule has 1 aromatic carbocycles. The summed E-state index contributed by atoms with van der Waals surface area (Å²) in [5, 5.41) is 5.08. The minimum absolute atomic E-state index is 0.0289. The lowest BCUT2D eigenvalue weighted by Crippen LogP contribution is -2.09. The normalized spacial score (nSPS) is 10.7. The van der Waals surface area contributed by atoms with Gasteiger partial charge in [-0.25, -0.2) is 4.68 Å². The highest BCUT2D eigenvalue weighted by Crippen LogP contribution is 2.17. The second-order valence-electron chi connectivity index (χ2n) is 3.01. The van der Waals surface area contributed by atoms with Crippen molar-refractivity contribution in [3.05, 3.63) is 28.0 Å². The molecule has 0 N–H and O–H groups in total. The molecular formula is C10H9IN2O. The molecule has 0 amide bonds. The van der Waals surface area contributed by atoms with Crippen molar-refractivity contribution >= 4 is 39.4 Å². The number of rotatable bonds is 1. The lowest BCUT2D eigenvalue weighted by atomic mass is 10.2. The predicted molar refractivity (Wildman–Crippen MR) is 63.4 cm³/mol. The number of carbonyl (C=O) groups excluding carboxylic acids is 1. The van der Waals surface area contributed by atoms with Gasteiger partial charge in [0, 0.05) is 15.4 Å². The van der Waals surface area contributed by atoms with E-state index in [1.807, 2.05) is 25.1 Å². The second-order valence-corrected chi connectivity index (χ2v) is 4.25. The van der Waals surface area contributed by atoms with Crippen LogP contribution in [0.3, 0.4) is 0 Å². The summed E-state index contributed by atoms with van der Waals surface area (Å²) in [5.41, 5.74) is 0.886. The Hall–Kier alpha value is -0.910. The van der Waals surface area contributed by atoms with Gasteiger partial charge in [0.1, 0.15) is 0 Å². The summed E-state index contributed by atoms with van der Waals surface area (Å²) in [4.78, 5) is 11.5. The molecule has 2 aromatic rings. The van der Waals surface area contributed by atoms with Gasteiger partial charge in [-0.3, -0.25) is 4.79 Å². The minimum atomic E-state index is 0.0289. The van der Waals surface area contributed by atoms with Crippen molar-refractivity contribution in [2.75, 3.05) is 0 Å². The van der Waals surface area contributed by atoms with Crippen LogP contribution in [0.15, 0.2) is 24.4 Å². The second kappa shape index (κ2) is 3.68. The number of carbonyl (C=O) groups is 1. The zero-order valence-corrected chi connectivity index (χ0v) is 9.85. The maximum absolute atomic E-state index is 11.5. The van der Waals surface area contributed by atoms with Crippen molar-refractivity contribution in [1.29, 1.82) is 0 Å². The van der Waals surface area contributed by atoms with Gasteiger partial charge in [-0.2, -0.15) is 5.10 Å². The Balaban J connectivity index is 2.64. The summed E-state index contributed by atoms with van der Waals surface area (Å²) in [6.45, 7) is 1.84. The molecule has 0 unspecified atom stereocenters. The van der Waals surface area contributed by atoms with E-state index < -0.39 is 0 Å². The van der Waals surface area contributed by atoms with Crippen molar-refractivity contribution < 1.29 is 4.79 Å². The Kier molecular flexibility index (Phi) is 2.54. The molecule has 0 bridgehead atoms. The first-order valence-electron chi connectivity index (χ1n) is 4.39. The first-order valence-corrected chi connectivity index (χ1v) is 5.46. The Morgan fingerprint density at radius 1 is 1.57 bits per heavy atom. The molecule has 0 aliphatic heterocycles. The number of nitrogens with zero attached hydrogens (tertiary/aromatic N) is 2. The maximum atomic E-state index is 11.5. The Morgan fingerprint density at radius 3 is 3.07 bits per heavy atom. The van der Waals surface area contributed by atoms with Crippen molar-refractivity contribution in [2.45, 2.75) is 13.3 Å². The molecule has 3 nitrogen and oxygen atoms in total. The number of fused-ring (bicyclic) bond motifs is 1. The molecule has 0 saturated heterocycles. The van der Waals surface area contributed by atoms with Gasteiger partial charge in [-0.15, -0.1) is 0 Å². The summed E-state index contributed by atoms with van der Waals surface area (Å²) in [6, 6.07) is 5.92. The fourth-order valence-electron chi connectivity index (χ4n) is 1.35. The Morgan fingerprint density at radius 2 is 2.36 bits per heavy atom. The summed E-state index contributed by atoms with van der Waals surface area (Å²) >= 11 is 2.24. The predicted octanol–water partition coefficient (Wildman–Crippen LogP) is 2.69. The van der Waals surface area contributed by atoms with Gasteiger partial charge in [0.15, 0.2) is 0 Å². The highest BCUT2D eigenvalue weighted by Gasteiger charge is 2.07. The summed E-state index contributed by atoms with van der Waals surface area (Å²) in [5.74, 6) is 0.0289. The molecule has 0 fully saturated rings. The van der Waals surface area contributed by atoms with Crippen LogP contribution < -0.4 is 0 Å². The molecule has 1 aromatic heterocycles. The van der Waals surface area contributed by atoms with E-state index in [-0.39, 0.29) is 5.91 Å². The fourth-order valence-corrected chi connectivity index (χ4v) is 1.87. The van der Waals surface area contributed by atoms with Crippen LogP contribution in [0.5, 0.6) is 0 Å². The molecule has 4 heteroatoms. The van der Waals surface area contributed by atoms with Crippen LogP contribution in [-0.4, -0.2) is 15.7 Å². The van der Waals surface area contributed by atoms with Gasteiger partial charge >= 0.3 is 0 Å². The van der Waals surface area contributed by atoms with Gasteiger partial charge in [0.2, 0.25) is 5.91 Å². The zero-order chi connectivity index (χ0) is 10.1. The van der Waals surface area contributed by atoms with Crippen LogP contribution in [0.4, 0.5) is 0 Å². The molecular weight excluding hydrogens is 291 g/mol. The number of halogens is 1. The highest BCUT2D eigenvalue weighted by atomic mass is 127. The number of benzene rings is 1. The first kappa shape index (κ1) is 9.64. The van der Waals surface area contributed by atoms with Gasteiger partial charge < -0.3 is 0 Å². The van der Waals surface area contributed by atoms with Gasteiger partial charge in [0.25, 0.3) is 0 Å². The van der Waals surface area contributed by atoms with E-state index in [0.717, 1.165) is 14.5 Å². The largest absolute Gasteiger partial charge is 0.273 e. The van der Waals surface area contributed by atoms with Crippen LogP contribution >= 0.6 is 22.6 Å². The smallest absolute Gasteiger partial charge is 0.247 e. The lowest BCUT2D eigenvalue weighted by Gasteiger charge is -1.98. The third kappa shape index (κ3) is 1.54. The topological polar surface area (TPSA) is 34.9 Å². The van der Waals surface area contributed by atoms with E-state index in [0.29, 0.717) is 6.42 Å². The molecule has 0 radical (unpaired) electrons. The third-order valence-corrected chi connectivity index (χ3v) is 2.74. The van der Waals surface area contributed by atoms with E-state index in [4.69, 9.17) is 0 Å². The SMILES string of the molecule is CCC(=O)n1ncc2cc(I)ccc21. The molecule has 14 heavy (non-hydrogen) atoms. The van der Waals surface area contributed by atoms with Crippen molar-refractivity contribution in [3.63, 3.8) is 0 Å². The summed E-state index contributed by atoms with van der Waals surface area (Å²) < 4.78 is 2.62. The van der Waals surface area contributed by atoms with E-state index in [1.165, 1.54) is 4.68 Å². The monoisotopic (exact) mass is 300 g/mol. The van der Waals surface area contributed by atoms with E-state index >= 15 is 0 Å². The molecule has 0 atom stereocenters. The maximum Gasteiger partial charge on any atom is 0.247 e. The van der Waals surface area contributed by atoms with Crippen LogP contribution in [0.25, 0.3) is 10.9 Å². The standard InChI is InChI=1S/C10H9IN2O/c1-2-10(14)13-9-4-3-8(11)5-7(9)6-12-13/h3-6H,2H2,1H3. The first-order chi connectivity index (χ1) is 6.72. The molecule has 0 aliphatic rings. The molecule has 0 aliphatic carbocycles. The number of hydrogen-bond acceptors (Lipinski definition) is 2. The van der Waals surface area contributed by atoms with E-state index in [2.05, 4.69) is 27.7 Å². The third-order valence-electron chi connectivity index (χ3n) is 2.07. The zero-order valence-electron chi connectivity index (χ0n) is 7.70. The quantitative estimate of drug-likeness (QED) is 0.759. The number of hydrogen-bond donors (Lipinski definition) is 0. The van der Waals surface area contributed by atoms with Crippen LogP contribution in [0.2, 0.25) is 0 Å². The highest BCUT2D eigenvalue weighted by molar-refractivity contribution is 14.1. The van der Waals surface area contributed by atoms with Crippen LogP contribution in [-0.2, 0) is 0 Å². The molecule has 0 saturated carbocycles.